The van der Waals surface area contributed by atoms with Gasteiger partial charge in [0.25, 0.3) is 5.91 Å². The van der Waals surface area contributed by atoms with Crippen molar-refractivity contribution in [1.82, 2.24) is 20.2 Å². The minimum absolute atomic E-state index is 0.00927. The summed E-state index contributed by atoms with van der Waals surface area (Å²) in [6.07, 6.45) is 6.72. The van der Waals surface area contributed by atoms with Gasteiger partial charge < -0.3 is 20.8 Å². The Morgan fingerprint density at radius 2 is 2.09 bits per heavy atom. The van der Waals surface area contributed by atoms with Gasteiger partial charge in [0.2, 0.25) is 0 Å². The first-order valence-electron chi connectivity index (χ1n) is 12.5. The molecule has 0 bridgehead atoms. The van der Waals surface area contributed by atoms with E-state index in [2.05, 4.69) is 27.1 Å². The van der Waals surface area contributed by atoms with Crippen LogP contribution >= 0.6 is 0 Å². The fourth-order valence-corrected chi connectivity index (χ4v) is 5.43. The van der Waals surface area contributed by atoms with E-state index in [0.717, 1.165) is 48.6 Å². The van der Waals surface area contributed by atoms with Gasteiger partial charge in [-0.1, -0.05) is 30.7 Å². The summed E-state index contributed by atoms with van der Waals surface area (Å²) in [6.45, 7) is 5.72. The van der Waals surface area contributed by atoms with Crippen LogP contribution in [-0.2, 0) is 4.74 Å². The quantitative estimate of drug-likeness (QED) is 0.491. The van der Waals surface area contributed by atoms with Gasteiger partial charge in [-0.2, -0.15) is 0 Å². The Hall–Kier alpha value is -2.90. The molecule has 1 amide bonds. The molecule has 7 nitrogen and oxygen atoms in total. The molecule has 2 aromatic heterocycles. The van der Waals surface area contributed by atoms with Crippen LogP contribution in [0.25, 0.3) is 10.9 Å². The number of H-pyrrole nitrogens is 1. The Morgan fingerprint density at radius 3 is 2.91 bits per heavy atom. The van der Waals surface area contributed by atoms with Gasteiger partial charge in [-0.15, -0.1) is 0 Å². The molecule has 2 aliphatic rings. The van der Waals surface area contributed by atoms with E-state index in [9.17, 15) is 4.79 Å². The standard InChI is InChI=1S/C27H35N5O2/c1-18-17-34-25(22-8-9-26(28)29-15-22)16-32(18)11-10-19-6-7-20(12-19)14-30-27(33)24-13-21-4-2-3-5-23(21)31-24/h2-5,8-9,13,15,18-20,25,31H,6-7,10-12,14,16-17H2,1H3,(H2,28,29)(H,30,33)/t18-,19+,20-,25+/m0/s1. The number of ether oxygens (including phenoxy) is 1. The number of hydrogen-bond donors (Lipinski definition) is 3. The van der Waals surface area contributed by atoms with Gasteiger partial charge in [-0.05, 0) is 62.8 Å². The maximum Gasteiger partial charge on any atom is 0.267 e. The molecule has 180 valence electrons. The van der Waals surface area contributed by atoms with Crippen molar-refractivity contribution < 1.29 is 9.53 Å². The molecule has 1 aromatic carbocycles. The highest BCUT2D eigenvalue weighted by Gasteiger charge is 2.30. The summed E-state index contributed by atoms with van der Waals surface area (Å²) >= 11 is 0. The van der Waals surface area contributed by atoms with Gasteiger partial charge in [0, 0.05) is 41.8 Å². The summed E-state index contributed by atoms with van der Waals surface area (Å²) in [5, 5.41) is 4.22. The fraction of sp³-hybridized carbons (Fsp3) is 0.481. The second-order valence-electron chi connectivity index (χ2n) is 10.00. The average Bonchev–Trinajstić information content (AvgIpc) is 3.49. The minimum Gasteiger partial charge on any atom is -0.384 e. The highest BCUT2D eigenvalue weighted by atomic mass is 16.5. The lowest BCUT2D eigenvalue weighted by molar-refractivity contribution is -0.0614. The zero-order chi connectivity index (χ0) is 23.5. The highest BCUT2D eigenvalue weighted by Crippen LogP contribution is 2.34. The van der Waals surface area contributed by atoms with Crippen molar-refractivity contribution in [1.29, 1.82) is 0 Å². The van der Waals surface area contributed by atoms with Crippen molar-refractivity contribution in [2.45, 2.75) is 44.8 Å². The van der Waals surface area contributed by atoms with Crippen LogP contribution in [-0.4, -0.2) is 53.1 Å². The molecule has 0 spiro atoms. The Labute approximate surface area is 201 Å². The number of fused-ring (bicyclic) bond motifs is 1. The van der Waals surface area contributed by atoms with E-state index >= 15 is 0 Å². The number of nitrogens with zero attached hydrogens (tertiary/aromatic N) is 2. The number of hydrogen-bond acceptors (Lipinski definition) is 5. The van der Waals surface area contributed by atoms with Crippen molar-refractivity contribution in [3.05, 3.63) is 59.9 Å². The normalized spacial score (nSPS) is 25.6. The van der Waals surface area contributed by atoms with Gasteiger partial charge in [0.1, 0.15) is 11.5 Å². The summed E-state index contributed by atoms with van der Waals surface area (Å²) in [6, 6.07) is 14.2. The van der Waals surface area contributed by atoms with Crippen molar-refractivity contribution in [3.8, 4) is 0 Å². The third-order valence-electron chi connectivity index (χ3n) is 7.54. The number of para-hydroxylation sites is 1. The summed E-state index contributed by atoms with van der Waals surface area (Å²) in [4.78, 5) is 22.6. The first kappa shape index (κ1) is 22.9. The number of nitrogens with one attached hydrogen (secondary N) is 2. The summed E-state index contributed by atoms with van der Waals surface area (Å²) in [7, 11) is 0. The number of aromatic amines is 1. The highest BCUT2D eigenvalue weighted by molar-refractivity contribution is 5.97. The number of amides is 1. The van der Waals surface area contributed by atoms with Gasteiger partial charge in [0.05, 0.1) is 12.7 Å². The van der Waals surface area contributed by atoms with Crippen molar-refractivity contribution in [3.63, 3.8) is 0 Å². The zero-order valence-electron chi connectivity index (χ0n) is 19.9. The monoisotopic (exact) mass is 461 g/mol. The number of carbonyl (C=O) groups is 1. The van der Waals surface area contributed by atoms with E-state index in [4.69, 9.17) is 10.5 Å². The van der Waals surface area contributed by atoms with Gasteiger partial charge in [0.15, 0.2) is 0 Å². The smallest absolute Gasteiger partial charge is 0.267 e. The van der Waals surface area contributed by atoms with Crippen LogP contribution < -0.4 is 11.1 Å². The number of rotatable bonds is 7. The maximum atomic E-state index is 12.6. The number of nitrogens with two attached hydrogens (primary N) is 1. The zero-order valence-corrected chi connectivity index (χ0v) is 19.9. The van der Waals surface area contributed by atoms with Crippen molar-refractivity contribution in [2.75, 3.05) is 32.0 Å². The van der Waals surface area contributed by atoms with E-state index < -0.39 is 0 Å². The number of carbonyl (C=O) groups excluding carboxylic acids is 1. The van der Waals surface area contributed by atoms with Crippen molar-refractivity contribution >= 4 is 22.6 Å². The molecule has 7 heteroatoms. The molecule has 1 aliphatic carbocycles. The first-order chi connectivity index (χ1) is 16.5. The Morgan fingerprint density at radius 1 is 1.24 bits per heavy atom. The average molecular weight is 462 g/mol. The van der Waals surface area contributed by atoms with Crippen LogP contribution in [0.1, 0.15) is 54.8 Å². The van der Waals surface area contributed by atoms with E-state index in [-0.39, 0.29) is 12.0 Å². The molecule has 5 rings (SSSR count). The van der Waals surface area contributed by atoms with Crippen LogP contribution in [0, 0.1) is 11.8 Å². The Bertz CT molecular complexity index is 1080. The van der Waals surface area contributed by atoms with Crippen molar-refractivity contribution in [2.24, 2.45) is 11.8 Å². The predicted octanol–water partition coefficient (Wildman–Crippen LogP) is 4.14. The number of pyridine rings is 1. The van der Waals surface area contributed by atoms with Gasteiger partial charge in [-0.25, -0.2) is 4.98 Å². The molecule has 34 heavy (non-hydrogen) atoms. The van der Waals surface area contributed by atoms with E-state index in [1.165, 1.54) is 25.7 Å². The minimum atomic E-state index is -0.00927. The lowest BCUT2D eigenvalue weighted by Gasteiger charge is -2.38. The molecule has 2 fully saturated rings. The molecule has 3 aromatic rings. The summed E-state index contributed by atoms with van der Waals surface area (Å²) in [5.41, 5.74) is 8.47. The molecule has 4 atom stereocenters. The van der Waals surface area contributed by atoms with Gasteiger partial charge in [-0.3, -0.25) is 9.69 Å². The molecule has 4 N–H and O–H groups in total. The van der Waals surface area contributed by atoms with Crippen LogP contribution in [0.4, 0.5) is 5.82 Å². The lowest BCUT2D eigenvalue weighted by atomic mass is 10.00. The van der Waals surface area contributed by atoms with Gasteiger partial charge >= 0.3 is 0 Å². The SMILES string of the molecule is C[C@H]1CO[C@@H](c2ccc(N)nc2)CN1CC[C@H]1CC[C@H](CNC(=O)c2cc3ccccc3[nH]2)C1. The topological polar surface area (TPSA) is 96.3 Å². The molecule has 0 unspecified atom stereocenters. The number of morpholine rings is 1. The summed E-state index contributed by atoms with van der Waals surface area (Å²) in [5.74, 6) is 1.82. The number of benzene rings is 1. The molecule has 1 aliphatic heterocycles. The van der Waals surface area contributed by atoms with E-state index in [0.29, 0.717) is 23.5 Å². The van der Waals surface area contributed by atoms with Crippen LogP contribution in [0.3, 0.4) is 0 Å². The lowest BCUT2D eigenvalue weighted by Crippen LogP contribution is -2.45. The Balaban J connectivity index is 1.07. The molecule has 1 saturated carbocycles. The second-order valence-corrected chi connectivity index (χ2v) is 10.00. The molecule has 3 heterocycles. The fourth-order valence-electron chi connectivity index (χ4n) is 5.43. The van der Waals surface area contributed by atoms with Crippen LogP contribution in [0.5, 0.6) is 0 Å². The number of aromatic nitrogens is 2. The van der Waals surface area contributed by atoms with Crippen LogP contribution in [0.15, 0.2) is 48.7 Å². The largest absolute Gasteiger partial charge is 0.384 e. The third kappa shape index (κ3) is 5.26. The van der Waals surface area contributed by atoms with E-state index in [1.807, 2.05) is 48.7 Å². The van der Waals surface area contributed by atoms with Crippen LogP contribution in [0.2, 0.25) is 0 Å². The van der Waals surface area contributed by atoms with E-state index in [1.54, 1.807) is 0 Å². The molecular formula is C27H35N5O2. The number of anilines is 1. The molecule has 1 saturated heterocycles. The third-order valence-corrected chi connectivity index (χ3v) is 7.54. The first-order valence-corrected chi connectivity index (χ1v) is 12.5. The molecular weight excluding hydrogens is 426 g/mol. The molecule has 0 radical (unpaired) electrons. The second kappa shape index (κ2) is 10.2. The number of nitrogen functional groups attached to an aromatic ring is 1. The predicted molar refractivity (Wildman–Crippen MR) is 134 cm³/mol. The summed E-state index contributed by atoms with van der Waals surface area (Å²) < 4.78 is 6.08. The maximum absolute atomic E-state index is 12.6. The Kier molecular flexibility index (Phi) is 6.83.